The number of carbonyl (C=O) groups is 1. The van der Waals surface area contributed by atoms with Crippen LogP contribution in [0.4, 0.5) is 0 Å². The van der Waals surface area contributed by atoms with Crippen LogP contribution < -0.4 is 10.1 Å². The zero-order valence-electron chi connectivity index (χ0n) is 19.2. The van der Waals surface area contributed by atoms with Crippen LogP contribution >= 0.6 is 0 Å². The molecule has 5 rings (SSSR count). The molecule has 1 N–H and O–H groups in total. The van der Waals surface area contributed by atoms with Crippen molar-refractivity contribution in [1.29, 1.82) is 0 Å². The van der Waals surface area contributed by atoms with Crippen molar-refractivity contribution in [2.45, 2.75) is 25.4 Å². The summed E-state index contributed by atoms with van der Waals surface area (Å²) in [5, 5.41) is 7.88. The monoisotopic (exact) mass is 456 g/mol. The van der Waals surface area contributed by atoms with Crippen molar-refractivity contribution in [3.8, 4) is 22.9 Å². The fraction of sp³-hybridized carbons (Fsp3) is 0.259. The summed E-state index contributed by atoms with van der Waals surface area (Å²) >= 11 is 0. The second kappa shape index (κ2) is 9.97. The lowest BCUT2D eigenvalue weighted by Crippen LogP contribution is -2.44. The highest BCUT2D eigenvalue weighted by atomic mass is 16.5. The van der Waals surface area contributed by atoms with E-state index in [1.165, 1.54) is 5.56 Å². The molecule has 2 aromatic carbocycles. The van der Waals surface area contributed by atoms with Crippen molar-refractivity contribution in [3.63, 3.8) is 0 Å². The van der Waals surface area contributed by atoms with Crippen LogP contribution in [0, 0.1) is 0 Å². The van der Waals surface area contributed by atoms with E-state index in [9.17, 15) is 4.79 Å². The van der Waals surface area contributed by atoms with Gasteiger partial charge in [0.25, 0.3) is 5.91 Å². The Labute approximate surface area is 199 Å². The number of piperidine rings is 1. The number of nitrogens with zero attached hydrogens (tertiary/aromatic N) is 3. The number of para-hydroxylation sites is 1. The van der Waals surface area contributed by atoms with Gasteiger partial charge in [0.05, 0.1) is 19.1 Å². The van der Waals surface area contributed by atoms with Crippen LogP contribution in [0.2, 0.25) is 0 Å². The highest BCUT2D eigenvalue weighted by Gasteiger charge is 2.24. The van der Waals surface area contributed by atoms with E-state index in [4.69, 9.17) is 9.15 Å². The van der Waals surface area contributed by atoms with Gasteiger partial charge in [-0.15, -0.1) is 0 Å². The molecule has 2 aromatic heterocycles. The molecule has 0 bridgehead atoms. The summed E-state index contributed by atoms with van der Waals surface area (Å²) in [6.07, 6.45) is 3.41. The molecule has 0 unspecified atom stereocenters. The van der Waals surface area contributed by atoms with Crippen molar-refractivity contribution in [1.82, 2.24) is 20.0 Å². The highest BCUT2D eigenvalue weighted by Crippen LogP contribution is 2.23. The van der Waals surface area contributed by atoms with Crippen LogP contribution in [0.1, 0.15) is 28.9 Å². The molecule has 0 aliphatic carbocycles. The number of amides is 1. The summed E-state index contributed by atoms with van der Waals surface area (Å²) in [5.41, 5.74) is 3.20. The Morgan fingerprint density at radius 1 is 1.06 bits per heavy atom. The number of likely N-dealkylation sites (tertiary alicyclic amines) is 1. The summed E-state index contributed by atoms with van der Waals surface area (Å²) in [4.78, 5) is 15.7. The number of nitrogens with one attached hydrogen (secondary N) is 1. The van der Waals surface area contributed by atoms with Crippen LogP contribution in [0.5, 0.6) is 5.75 Å². The maximum absolute atomic E-state index is 13.3. The first kappa shape index (κ1) is 22.0. The van der Waals surface area contributed by atoms with Crippen molar-refractivity contribution in [3.05, 3.63) is 90.3 Å². The molecule has 1 aliphatic rings. The standard InChI is InChI=1S/C27H28N4O3/c1-33-23-10-5-7-20(17-23)19-30-14-12-21(13-15-30)28-27(32)25-18-24(26-11-6-16-34-26)29-31(25)22-8-3-2-4-9-22/h2-11,16-18,21H,12-15,19H2,1H3,(H,28,32). The largest absolute Gasteiger partial charge is 0.497 e. The van der Waals surface area contributed by atoms with Gasteiger partial charge in [0.15, 0.2) is 5.76 Å². The van der Waals surface area contributed by atoms with E-state index in [2.05, 4.69) is 27.4 Å². The Hall–Kier alpha value is -3.84. The zero-order chi connectivity index (χ0) is 23.3. The first-order chi connectivity index (χ1) is 16.7. The number of aromatic nitrogens is 2. The highest BCUT2D eigenvalue weighted by molar-refractivity contribution is 5.94. The van der Waals surface area contributed by atoms with E-state index in [1.807, 2.05) is 54.6 Å². The third-order valence-corrected chi connectivity index (χ3v) is 6.18. The summed E-state index contributed by atoms with van der Waals surface area (Å²) in [6, 6.07) is 23.4. The molecular formula is C27H28N4O3. The number of furan rings is 1. The first-order valence-electron chi connectivity index (χ1n) is 11.5. The molecule has 0 atom stereocenters. The quantitative estimate of drug-likeness (QED) is 0.442. The van der Waals surface area contributed by atoms with Gasteiger partial charge in [-0.1, -0.05) is 30.3 Å². The van der Waals surface area contributed by atoms with E-state index in [-0.39, 0.29) is 11.9 Å². The molecule has 0 saturated carbocycles. The molecule has 3 heterocycles. The second-order valence-corrected chi connectivity index (χ2v) is 8.51. The Bertz CT molecular complexity index is 1230. The average Bonchev–Trinajstić information content (AvgIpc) is 3.56. The van der Waals surface area contributed by atoms with Gasteiger partial charge in [0.2, 0.25) is 0 Å². The molecule has 0 radical (unpaired) electrons. The number of methoxy groups -OCH3 is 1. The van der Waals surface area contributed by atoms with E-state index in [0.717, 1.165) is 43.9 Å². The Kier molecular flexibility index (Phi) is 6.44. The van der Waals surface area contributed by atoms with Crippen LogP contribution in [0.25, 0.3) is 17.1 Å². The minimum atomic E-state index is -0.125. The van der Waals surface area contributed by atoms with Crippen LogP contribution in [0.15, 0.2) is 83.5 Å². The fourth-order valence-corrected chi connectivity index (χ4v) is 4.38. The summed E-state index contributed by atoms with van der Waals surface area (Å²) in [5.74, 6) is 1.39. The van der Waals surface area contributed by atoms with Gasteiger partial charge >= 0.3 is 0 Å². The maximum atomic E-state index is 13.3. The van der Waals surface area contributed by atoms with Crippen LogP contribution in [-0.4, -0.2) is 46.8 Å². The normalized spacial score (nSPS) is 14.7. The molecule has 0 spiro atoms. The zero-order valence-corrected chi connectivity index (χ0v) is 19.2. The maximum Gasteiger partial charge on any atom is 0.270 e. The Balaban J connectivity index is 1.26. The molecule has 1 saturated heterocycles. The first-order valence-corrected chi connectivity index (χ1v) is 11.5. The topological polar surface area (TPSA) is 72.5 Å². The Morgan fingerprint density at radius 2 is 1.88 bits per heavy atom. The van der Waals surface area contributed by atoms with Gasteiger partial charge in [-0.3, -0.25) is 9.69 Å². The second-order valence-electron chi connectivity index (χ2n) is 8.51. The van der Waals surface area contributed by atoms with Gasteiger partial charge in [-0.05, 0) is 54.8 Å². The lowest BCUT2D eigenvalue weighted by molar-refractivity contribution is 0.0901. The molecule has 34 heavy (non-hydrogen) atoms. The number of benzene rings is 2. The van der Waals surface area contributed by atoms with Crippen LogP contribution in [0.3, 0.4) is 0 Å². The van der Waals surface area contributed by atoms with Gasteiger partial charge in [-0.2, -0.15) is 5.10 Å². The van der Waals surface area contributed by atoms with Crippen molar-refractivity contribution in [2.75, 3.05) is 20.2 Å². The lowest BCUT2D eigenvalue weighted by atomic mass is 10.0. The van der Waals surface area contributed by atoms with E-state index in [1.54, 1.807) is 24.1 Å². The molecule has 7 heteroatoms. The van der Waals surface area contributed by atoms with E-state index < -0.39 is 0 Å². The summed E-state index contributed by atoms with van der Waals surface area (Å²) < 4.78 is 12.5. The van der Waals surface area contributed by atoms with Crippen molar-refractivity contribution < 1.29 is 13.9 Å². The molecule has 1 aliphatic heterocycles. The number of ether oxygens (including phenoxy) is 1. The van der Waals surface area contributed by atoms with Gasteiger partial charge in [0, 0.05) is 31.7 Å². The number of rotatable bonds is 7. The van der Waals surface area contributed by atoms with Crippen LogP contribution in [-0.2, 0) is 6.54 Å². The number of carbonyl (C=O) groups excluding carboxylic acids is 1. The smallest absolute Gasteiger partial charge is 0.270 e. The molecule has 174 valence electrons. The molecule has 1 amide bonds. The van der Waals surface area contributed by atoms with Crippen molar-refractivity contribution >= 4 is 5.91 Å². The summed E-state index contributed by atoms with van der Waals surface area (Å²) in [6.45, 7) is 2.74. The van der Waals surface area contributed by atoms with Gasteiger partial charge < -0.3 is 14.5 Å². The molecule has 4 aromatic rings. The van der Waals surface area contributed by atoms with Gasteiger partial charge in [-0.25, -0.2) is 4.68 Å². The lowest BCUT2D eigenvalue weighted by Gasteiger charge is -2.32. The molecular weight excluding hydrogens is 428 g/mol. The van der Waals surface area contributed by atoms with Gasteiger partial charge in [0.1, 0.15) is 17.1 Å². The fourth-order valence-electron chi connectivity index (χ4n) is 4.38. The Morgan fingerprint density at radius 3 is 2.62 bits per heavy atom. The van der Waals surface area contributed by atoms with E-state index >= 15 is 0 Å². The minimum Gasteiger partial charge on any atom is -0.497 e. The minimum absolute atomic E-state index is 0.125. The third kappa shape index (κ3) is 4.89. The number of hydrogen-bond donors (Lipinski definition) is 1. The van der Waals surface area contributed by atoms with Crippen molar-refractivity contribution in [2.24, 2.45) is 0 Å². The summed E-state index contributed by atoms with van der Waals surface area (Å²) in [7, 11) is 1.69. The number of hydrogen-bond acceptors (Lipinski definition) is 5. The predicted octanol–water partition coefficient (Wildman–Crippen LogP) is 4.54. The van der Waals surface area contributed by atoms with E-state index in [0.29, 0.717) is 17.1 Å². The SMILES string of the molecule is COc1cccc(CN2CCC(NC(=O)c3cc(-c4ccco4)nn3-c3ccccc3)CC2)c1. The molecule has 1 fully saturated rings. The average molecular weight is 457 g/mol. The predicted molar refractivity (Wildman–Crippen MR) is 130 cm³/mol. The third-order valence-electron chi connectivity index (χ3n) is 6.18. The molecule has 7 nitrogen and oxygen atoms in total.